The van der Waals surface area contributed by atoms with Gasteiger partial charge in [-0.2, -0.15) is 0 Å². The lowest BCUT2D eigenvalue weighted by Crippen LogP contribution is -2.53. The monoisotopic (exact) mass is 1210 g/mol. The number of carbonyl (C=O) groups excluding carboxylic acids is 11. The normalized spacial score (nSPS) is 13.3. The average Bonchev–Trinajstić information content (AvgIpc) is 3.04. The molecule has 7 amide bonds. The number of ketones is 1. The first kappa shape index (κ1) is 74.8. The third-order valence-electron chi connectivity index (χ3n) is 12.1. The lowest BCUT2D eigenvalue weighted by Gasteiger charge is -2.27. The van der Waals surface area contributed by atoms with Crippen molar-refractivity contribution in [1.82, 2.24) is 42.2 Å². The van der Waals surface area contributed by atoms with Crippen LogP contribution in [0.1, 0.15) is 217 Å². The van der Waals surface area contributed by atoms with Gasteiger partial charge < -0.3 is 65.9 Å². The van der Waals surface area contributed by atoms with Gasteiger partial charge in [0, 0.05) is 49.8 Å². The average molecular weight is 1210 g/mol. The smallest absolute Gasteiger partial charge is 0.407 e. The third-order valence-corrected chi connectivity index (χ3v) is 12.1. The van der Waals surface area contributed by atoms with E-state index in [0.29, 0.717) is 70.0 Å². The van der Waals surface area contributed by atoms with Gasteiger partial charge in [0.2, 0.25) is 17.7 Å². The molecule has 2 rings (SSSR count). The van der Waals surface area contributed by atoms with Crippen LogP contribution in [0, 0.1) is 0 Å². The van der Waals surface area contributed by atoms with E-state index in [1.165, 1.54) is 0 Å². The van der Waals surface area contributed by atoms with Crippen molar-refractivity contribution < 1.29 is 76.4 Å². The number of unbranched alkanes of at least 4 members (excludes halogenated alkanes) is 6. The number of benzene rings is 1. The van der Waals surface area contributed by atoms with E-state index < -0.39 is 106 Å². The molecule has 0 aliphatic carbocycles. The van der Waals surface area contributed by atoms with Crippen molar-refractivity contribution >= 4 is 76.3 Å². The van der Waals surface area contributed by atoms with Gasteiger partial charge in [-0.3, -0.25) is 28.8 Å². The van der Waals surface area contributed by atoms with E-state index in [9.17, 15) is 52.7 Å². The standard InChI is InChI=1S/C62H100N8O16/c1-58(2,3)82-49(73)35-33-45(54(78)84-60(7,8)9)70-56(80)69-44(53(77)83-59(4,5)6)32-34-47(71)63-36-24-18-16-17-19-31-48(72)67-43(30-23-26-38-65-57(81)86-62(13,14)15)52(76)68-42(50(74)55(79)85-61(10,11)12)29-22-25-37-64-51(75)46-39-40-27-20-21-28-41(40)66-46/h20-21,27-28,39,42-45,66H,16-19,22-26,29-38H2,1-15H3,(H,63,71)(H,64,75)(H,65,81)(H,67,72)(H,68,76)(H2,69,70,80)/t42-,43-,44-,45-/m0/s1. The molecular weight excluding hydrogens is 1110 g/mol. The number of alkyl carbamates (subject to hydrolysis) is 1. The van der Waals surface area contributed by atoms with Crippen molar-refractivity contribution in [2.75, 3.05) is 19.6 Å². The van der Waals surface area contributed by atoms with Crippen LogP contribution in [-0.4, -0.2) is 142 Å². The highest BCUT2D eigenvalue weighted by Gasteiger charge is 2.35. The van der Waals surface area contributed by atoms with Gasteiger partial charge in [-0.15, -0.1) is 0 Å². The van der Waals surface area contributed by atoms with Gasteiger partial charge in [-0.1, -0.05) is 37.5 Å². The molecule has 0 saturated heterocycles. The highest BCUT2D eigenvalue weighted by atomic mass is 16.6. The Hall–Kier alpha value is -7.27. The number of nitrogens with one attached hydrogen (secondary N) is 8. The zero-order chi connectivity index (χ0) is 65.1. The number of Topliss-reactive ketones (excluding diaryl/α,β-unsaturated/α-hetero) is 1. The van der Waals surface area contributed by atoms with Crippen molar-refractivity contribution in [3.8, 4) is 0 Å². The zero-order valence-corrected chi connectivity index (χ0v) is 53.7. The highest BCUT2D eigenvalue weighted by Crippen LogP contribution is 2.18. The molecule has 0 saturated carbocycles. The van der Waals surface area contributed by atoms with E-state index in [1.807, 2.05) is 24.3 Å². The van der Waals surface area contributed by atoms with Gasteiger partial charge in [-0.25, -0.2) is 24.0 Å². The number of urea groups is 1. The maximum absolute atomic E-state index is 14.0. The second-order valence-corrected chi connectivity index (χ2v) is 26.3. The number of fused-ring (bicyclic) bond motifs is 1. The topological polar surface area (TPSA) is 334 Å². The fourth-order valence-electron chi connectivity index (χ4n) is 8.28. The number of carbonyl (C=O) groups is 11. The number of hydrogen-bond acceptors (Lipinski definition) is 16. The summed E-state index contributed by atoms with van der Waals surface area (Å²) in [5.41, 5.74) is -3.11. The van der Waals surface area contributed by atoms with Crippen LogP contribution < -0.4 is 37.2 Å². The first-order valence-electron chi connectivity index (χ1n) is 30.0. The summed E-state index contributed by atoms with van der Waals surface area (Å²) in [6, 6.07) is 3.32. The van der Waals surface area contributed by atoms with E-state index >= 15 is 0 Å². The number of aromatic nitrogens is 1. The molecule has 0 aliphatic rings. The Morgan fingerprint density at radius 2 is 0.930 bits per heavy atom. The molecular formula is C62H100N8O16. The van der Waals surface area contributed by atoms with Crippen LogP contribution in [0.25, 0.3) is 10.9 Å². The number of aromatic amines is 1. The molecule has 24 nitrogen and oxygen atoms in total. The van der Waals surface area contributed by atoms with E-state index in [0.717, 1.165) is 10.9 Å². The van der Waals surface area contributed by atoms with Gasteiger partial charge in [-0.05, 0) is 180 Å². The van der Waals surface area contributed by atoms with Crippen LogP contribution in [0.15, 0.2) is 30.3 Å². The van der Waals surface area contributed by atoms with Crippen LogP contribution >= 0.6 is 0 Å². The van der Waals surface area contributed by atoms with Crippen molar-refractivity contribution in [3.63, 3.8) is 0 Å². The van der Waals surface area contributed by atoms with Crippen molar-refractivity contribution in [2.45, 2.75) is 259 Å². The molecule has 0 bridgehead atoms. The van der Waals surface area contributed by atoms with E-state index in [4.69, 9.17) is 23.7 Å². The fraction of sp³-hybridized carbons (Fsp3) is 0.694. The SMILES string of the molecule is CC(C)(C)OC(=O)CC[C@H](NC(=O)N[C@@H](CCC(=O)NCCCCCCCC(=O)N[C@@H](CCCCNC(=O)OC(C)(C)C)C(=O)N[C@@H](CCCCNC(=O)c1cc2ccccc2[nH]1)C(=O)C(=O)OC(C)(C)C)C(=O)OC(C)(C)C)C(=O)OC(C)(C)C. The highest BCUT2D eigenvalue weighted by molar-refractivity contribution is 6.36. The molecule has 86 heavy (non-hydrogen) atoms. The van der Waals surface area contributed by atoms with Gasteiger partial charge >= 0.3 is 36.0 Å². The van der Waals surface area contributed by atoms with Gasteiger partial charge in [0.15, 0.2) is 0 Å². The zero-order valence-electron chi connectivity index (χ0n) is 53.7. The molecule has 0 spiro atoms. The van der Waals surface area contributed by atoms with Crippen LogP contribution in [0.4, 0.5) is 9.59 Å². The Kier molecular flexibility index (Phi) is 30.8. The molecule has 0 aliphatic heterocycles. The van der Waals surface area contributed by atoms with E-state index in [-0.39, 0.29) is 69.8 Å². The number of amides is 7. The third kappa shape index (κ3) is 34.0. The second kappa shape index (κ2) is 35.4. The fourth-order valence-corrected chi connectivity index (χ4v) is 8.28. The van der Waals surface area contributed by atoms with E-state index in [2.05, 4.69) is 42.2 Å². The lowest BCUT2D eigenvalue weighted by atomic mass is 10.0. The van der Waals surface area contributed by atoms with Crippen LogP contribution in [0.2, 0.25) is 0 Å². The Morgan fingerprint density at radius 1 is 0.442 bits per heavy atom. The summed E-state index contributed by atoms with van der Waals surface area (Å²) in [4.78, 5) is 148. The van der Waals surface area contributed by atoms with Gasteiger partial charge in [0.1, 0.15) is 51.8 Å². The predicted molar refractivity (Wildman–Crippen MR) is 323 cm³/mol. The maximum Gasteiger partial charge on any atom is 0.407 e. The van der Waals surface area contributed by atoms with Crippen LogP contribution in [-0.2, 0) is 62.0 Å². The summed E-state index contributed by atoms with van der Waals surface area (Å²) < 4.78 is 27.0. The maximum atomic E-state index is 14.0. The summed E-state index contributed by atoms with van der Waals surface area (Å²) in [7, 11) is 0. The summed E-state index contributed by atoms with van der Waals surface area (Å²) in [5.74, 6) is -6.08. The van der Waals surface area contributed by atoms with Crippen molar-refractivity contribution in [1.29, 1.82) is 0 Å². The second-order valence-electron chi connectivity index (χ2n) is 26.3. The first-order valence-corrected chi connectivity index (χ1v) is 30.0. The molecule has 1 aromatic heterocycles. The summed E-state index contributed by atoms with van der Waals surface area (Å²) in [5, 5.41) is 19.8. The molecule has 1 heterocycles. The minimum absolute atomic E-state index is 0.0322. The first-order chi connectivity index (χ1) is 39.8. The minimum atomic E-state index is -1.30. The molecule has 4 atom stereocenters. The number of H-pyrrole nitrogens is 1. The van der Waals surface area contributed by atoms with Crippen molar-refractivity contribution in [2.24, 2.45) is 0 Å². The van der Waals surface area contributed by atoms with E-state index in [1.54, 1.807) is 110 Å². The number of para-hydroxylation sites is 1. The minimum Gasteiger partial charge on any atom is -0.460 e. The Morgan fingerprint density at radius 3 is 1.49 bits per heavy atom. The summed E-state index contributed by atoms with van der Waals surface area (Å²) in [6.45, 7) is 25.8. The van der Waals surface area contributed by atoms with Crippen LogP contribution in [0.5, 0.6) is 0 Å². The number of rotatable bonds is 34. The molecule has 0 fully saturated rings. The van der Waals surface area contributed by atoms with Gasteiger partial charge in [0.05, 0.1) is 6.04 Å². The summed E-state index contributed by atoms with van der Waals surface area (Å²) in [6.07, 6.45) is 3.61. The Labute approximate surface area is 507 Å². The molecule has 484 valence electrons. The number of ether oxygens (including phenoxy) is 5. The molecule has 24 heteroatoms. The molecule has 0 unspecified atom stereocenters. The molecule has 2 aromatic rings. The predicted octanol–water partition coefficient (Wildman–Crippen LogP) is 7.72. The van der Waals surface area contributed by atoms with Gasteiger partial charge in [0.25, 0.3) is 11.7 Å². The lowest BCUT2D eigenvalue weighted by molar-refractivity contribution is -0.163. The Balaban J connectivity index is 2.01. The van der Waals surface area contributed by atoms with Crippen molar-refractivity contribution in [3.05, 3.63) is 36.0 Å². The molecule has 1 aromatic carbocycles. The van der Waals surface area contributed by atoms with Crippen LogP contribution in [0.3, 0.4) is 0 Å². The number of esters is 4. The summed E-state index contributed by atoms with van der Waals surface area (Å²) >= 11 is 0. The Bertz CT molecular complexity index is 2550. The quantitative estimate of drug-likeness (QED) is 0.0144. The largest absolute Gasteiger partial charge is 0.460 e. The molecule has 0 radical (unpaired) electrons. The number of hydrogen-bond donors (Lipinski definition) is 8. The molecule has 8 N–H and O–H groups in total.